The first-order chi connectivity index (χ1) is 14.7. The predicted octanol–water partition coefficient (Wildman–Crippen LogP) is 2.67. The Balaban J connectivity index is 1.46. The van der Waals surface area contributed by atoms with Crippen LogP contribution in [0.4, 0.5) is 18.9 Å². The maximum Gasteiger partial charge on any atom is 0.435 e. The first kappa shape index (κ1) is 20.7. The quantitative estimate of drug-likeness (QED) is 0.592. The molecule has 4 rings (SSSR count). The molecule has 1 aliphatic carbocycles. The average Bonchev–Trinajstić information content (AvgIpc) is 3.08. The van der Waals surface area contributed by atoms with Crippen LogP contribution < -0.4 is 10.6 Å². The maximum atomic E-state index is 13.0. The Morgan fingerprint density at radius 2 is 2.06 bits per heavy atom. The second kappa shape index (κ2) is 7.93. The molecule has 1 aliphatic rings. The SMILES string of the molecule is Cn1cc(NC(=O)Cn2nc(C(F)(F)F)cc2C2CC2)c(C(=O)NCc2ccco2)n1. The van der Waals surface area contributed by atoms with Gasteiger partial charge >= 0.3 is 6.18 Å². The maximum absolute atomic E-state index is 13.0. The molecule has 0 spiro atoms. The first-order valence-corrected chi connectivity index (χ1v) is 9.49. The average molecular weight is 436 g/mol. The molecule has 0 atom stereocenters. The summed E-state index contributed by atoms with van der Waals surface area (Å²) in [7, 11) is 1.58. The summed E-state index contributed by atoms with van der Waals surface area (Å²) in [5.74, 6) is -0.643. The molecule has 0 saturated heterocycles. The van der Waals surface area contributed by atoms with Gasteiger partial charge in [-0.3, -0.25) is 19.0 Å². The molecule has 1 fully saturated rings. The summed E-state index contributed by atoms with van der Waals surface area (Å²) < 4.78 is 46.7. The lowest BCUT2D eigenvalue weighted by Crippen LogP contribution is -2.26. The van der Waals surface area contributed by atoms with Gasteiger partial charge in [-0.15, -0.1) is 0 Å². The van der Waals surface area contributed by atoms with Crippen molar-refractivity contribution in [3.63, 3.8) is 0 Å². The van der Waals surface area contributed by atoms with Crippen LogP contribution in [0, 0.1) is 0 Å². The number of hydrogen-bond acceptors (Lipinski definition) is 5. The van der Waals surface area contributed by atoms with Gasteiger partial charge in [-0.1, -0.05) is 0 Å². The molecule has 3 aromatic heterocycles. The Labute approximate surface area is 174 Å². The molecule has 0 bridgehead atoms. The van der Waals surface area contributed by atoms with Gasteiger partial charge in [0.1, 0.15) is 12.3 Å². The summed E-state index contributed by atoms with van der Waals surface area (Å²) >= 11 is 0. The molecule has 164 valence electrons. The lowest BCUT2D eigenvalue weighted by Gasteiger charge is -2.08. The van der Waals surface area contributed by atoms with E-state index in [-0.39, 0.29) is 23.8 Å². The van der Waals surface area contributed by atoms with Crippen LogP contribution in [-0.4, -0.2) is 31.4 Å². The van der Waals surface area contributed by atoms with E-state index < -0.39 is 30.2 Å². The van der Waals surface area contributed by atoms with Gasteiger partial charge in [0, 0.05) is 24.9 Å². The van der Waals surface area contributed by atoms with E-state index in [2.05, 4.69) is 20.8 Å². The molecule has 12 heteroatoms. The molecular weight excluding hydrogens is 417 g/mol. The van der Waals surface area contributed by atoms with Gasteiger partial charge in [0.15, 0.2) is 11.4 Å². The number of anilines is 1. The molecule has 0 radical (unpaired) electrons. The van der Waals surface area contributed by atoms with E-state index in [0.717, 1.165) is 23.6 Å². The smallest absolute Gasteiger partial charge is 0.435 e. The fourth-order valence-electron chi connectivity index (χ4n) is 3.14. The van der Waals surface area contributed by atoms with Crippen LogP contribution in [0.5, 0.6) is 0 Å². The Hall–Kier alpha value is -3.57. The van der Waals surface area contributed by atoms with E-state index in [4.69, 9.17) is 4.42 Å². The molecule has 2 N–H and O–H groups in total. The van der Waals surface area contributed by atoms with Gasteiger partial charge in [0.2, 0.25) is 5.91 Å². The molecule has 0 unspecified atom stereocenters. The minimum absolute atomic E-state index is 0.0266. The third-order valence-corrected chi connectivity index (χ3v) is 4.71. The van der Waals surface area contributed by atoms with Crippen molar-refractivity contribution in [2.24, 2.45) is 7.05 Å². The van der Waals surface area contributed by atoms with Crippen molar-refractivity contribution in [1.82, 2.24) is 24.9 Å². The van der Waals surface area contributed by atoms with Crippen molar-refractivity contribution in [2.75, 3.05) is 5.32 Å². The number of alkyl halides is 3. The predicted molar refractivity (Wildman–Crippen MR) is 101 cm³/mol. The molecule has 2 amide bonds. The van der Waals surface area contributed by atoms with Crippen molar-refractivity contribution in [1.29, 1.82) is 0 Å². The van der Waals surface area contributed by atoms with Gasteiger partial charge in [-0.25, -0.2) is 0 Å². The second-order valence-electron chi connectivity index (χ2n) is 7.26. The van der Waals surface area contributed by atoms with E-state index in [1.54, 1.807) is 19.2 Å². The Bertz CT molecular complexity index is 1100. The molecular formula is C19H19F3N6O3. The number of rotatable bonds is 7. The van der Waals surface area contributed by atoms with Crippen LogP contribution in [0.15, 0.2) is 35.1 Å². The number of furan rings is 1. The summed E-state index contributed by atoms with van der Waals surface area (Å²) in [5.41, 5.74) is -0.534. The minimum atomic E-state index is -4.59. The van der Waals surface area contributed by atoms with E-state index >= 15 is 0 Å². The summed E-state index contributed by atoms with van der Waals surface area (Å²) in [6.45, 7) is -0.279. The second-order valence-corrected chi connectivity index (χ2v) is 7.26. The van der Waals surface area contributed by atoms with Crippen molar-refractivity contribution in [3.05, 3.63) is 53.5 Å². The molecule has 3 heterocycles. The monoisotopic (exact) mass is 436 g/mol. The Morgan fingerprint density at radius 3 is 2.71 bits per heavy atom. The largest absolute Gasteiger partial charge is 0.467 e. The number of aromatic nitrogens is 4. The fraction of sp³-hybridized carbons (Fsp3) is 0.368. The van der Waals surface area contributed by atoms with E-state index in [1.165, 1.54) is 17.1 Å². The Kier molecular flexibility index (Phi) is 5.29. The molecule has 3 aromatic rings. The highest BCUT2D eigenvalue weighted by Crippen LogP contribution is 2.42. The van der Waals surface area contributed by atoms with E-state index in [9.17, 15) is 22.8 Å². The number of hydrogen-bond donors (Lipinski definition) is 2. The normalized spacial score (nSPS) is 13.9. The molecule has 0 aliphatic heterocycles. The summed E-state index contributed by atoms with van der Waals surface area (Å²) in [4.78, 5) is 25.0. The van der Waals surface area contributed by atoms with Gasteiger partial charge < -0.3 is 15.1 Å². The summed E-state index contributed by atoms with van der Waals surface area (Å²) in [5, 5.41) is 12.8. The standard InChI is InChI=1S/C19H19F3N6O3/c1-27-9-13(17(26-27)18(30)23-8-12-3-2-6-31-12)24-16(29)10-28-14(11-4-5-11)7-15(25-28)19(20,21)22/h2-3,6-7,9,11H,4-5,8,10H2,1H3,(H,23,30)(H,24,29). The number of nitrogens with zero attached hydrogens (tertiary/aromatic N) is 4. The van der Waals surface area contributed by atoms with E-state index in [0.29, 0.717) is 11.5 Å². The zero-order chi connectivity index (χ0) is 22.2. The highest BCUT2D eigenvalue weighted by Gasteiger charge is 2.38. The summed E-state index contributed by atoms with van der Waals surface area (Å²) in [6, 6.07) is 4.37. The lowest BCUT2D eigenvalue weighted by molar-refractivity contribution is -0.141. The first-order valence-electron chi connectivity index (χ1n) is 9.49. The van der Waals surface area contributed by atoms with Crippen LogP contribution in [0.3, 0.4) is 0 Å². The number of amides is 2. The highest BCUT2D eigenvalue weighted by molar-refractivity contribution is 6.02. The van der Waals surface area contributed by atoms with Gasteiger partial charge in [0.25, 0.3) is 5.91 Å². The topological polar surface area (TPSA) is 107 Å². The van der Waals surface area contributed by atoms with Crippen LogP contribution in [0.2, 0.25) is 0 Å². The molecule has 31 heavy (non-hydrogen) atoms. The molecule has 9 nitrogen and oxygen atoms in total. The Morgan fingerprint density at radius 1 is 1.29 bits per heavy atom. The van der Waals surface area contributed by atoms with Gasteiger partial charge in [-0.05, 0) is 31.0 Å². The van der Waals surface area contributed by atoms with Crippen LogP contribution >= 0.6 is 0 Å². The van der Waals surface area contributed by atoms with Crippen LogP contribution in [0.1, 0.15) is 46.4 Å². The van der Waals surface area contributed by atoms with Crippen molar-refractivity contribution in [3.8, 4) is 0 Å². The minimum Gasteiger partial charge on any atom is -0.467 e. The third-order valence-electron chi connectivity index (χ3n) is 4.71. The lowest BCUT2D eigenvalue weighted by atomic mass is 10.2. The fourth-order valence-corrected chi connectivity index (χ4v) is 3.14. The number of carbonyl (C=O) groups is 2. The highest BCUT2D eigenvalue weighted by atomic mass is 19.4. The number of halogens is 3. The zero-order valence-corrected chi connectivity index (χ0v) is 16.4. The van der Waals surface area contributed by atoms with E-state index in [1.807, 2.05) is 0 Å². The van der Waals surface area contributed by atoms with Crippen molar-refractivity contribution < 1.29 is 27.2 Å². The van der Waals surface area contributed by atoms with Crippen LogP contribution in [0.25, 0.3) is 0 Å². The van der Waals surface area contributed by atoms with Gasteiger partial charge in [-0.2, -0.15) is 23.4 Å². The number of carbonyl (C=O) groups excluding carboxylic acids is 2. The van der Waals surface area contributed by atoms with Crippen LogP contribution in [-0.2, 0) is 31.1 Å². The summed E-state index contributed by atoms with van der Waals surface area (Å²) in [6.07, 6.45) is -0.163. The molecule has 0 aromatic carbocycles. The zero-order valence-electron chi connectivity index (χ0n) is 16.4. The third kappa shape index (κ3) is 4.78. The number of aryl methyl sites for hydroxylation is 1. The van der Waals surface area contributed by atoms with Gasteiger partial charge in [0.05, 0.1) is 18.5 Å². The molecule has 1 saturated carbocycles. The van der Waals surface area contributed by atoms with Crippen molar-refractivity contribution >= 4 is 17.5 Å². The number of nitrogens with one attached hydrogen (secondary N) is 2. The van der Waals surface area contributed by atoms with Crippen molar-refractivity contribution in [2.45, 2.75) is 38.0 Å².